The number of benzene rings is 1. The number of aromatic nitrogens is 2. The third kappa shape index (κ3) is 4.28. The predicted molar refractivity (Wildman–Crippen MR) is 87.1 cm³/mol. The van der Waals surface area contributed by atoms with Crippen LogP contribution in [0.25, 0.3) is 0 Å². The molecule has 5 nitrogen and oxygen atoms in total. The number of nitrogens with zero attached hydrogens (tertiary/aromatic N) is 3. The predicted octanol–water partition coefficient (Wildman–Crippen LogP) is 2.40. The van der Waals surface area contributed by atoms with E-state index in [1.165, 1.54) is 5.56 Å². The van der Waals surface area contributed by atoms with Crippen LogP contribution in [0.4, 0.5) is 0 Å². The molecule has 1 saturated heterocycles. The first kappa shape index (κ1) is 15.5. The van der Waals surface area contributed by atoms with E-state index in [9.17, 15) is 4.79 Å². The van der Waals surface area contributed by atoms with Gasteiger partial charge in [0.25, 0.3) is 0 Å². The zero-order valence-electron chi connectivity index (χ0n) is 13.3. The molecule has 0 unspecified atom stereocenters. The van der Waals surface area contributed by atoms with Crippen LogP contribution < -0.4 is 4.74 Å². The summed E-state index contributed by atoms with van der Waals surface area (Å²) in [5, 5.41) is 0. The highest BCUT2D eigenvalue weighted by atomic mass is 16.5. The van der Waals surface area contributed by atoms with Crippen LogP contribution in [0.2, 0.25) is 0 Å². The van der Waals surface area contributed by atoms with Crippen LogP contribution in [-0.4, -0.2) is 40.0 Å². The Kier molecular flexibility index (Phi) is 4.86. The third-order valence-corrected chi connectivity index (χ3v) is 4.05. The summed E-state index contributed by atoms with van der Waals surface area (Å²) in [4.78, 5) is 22.5. The first-order chi connectivity index (χ1) is 11.2. The molecule has 1 aromatic carbocycles. The van der Waals surface area contributed by atoms with Gasteiger partial charge in [0.1, 0.15) is 6.10 Å². The molecule has 0 radical (unpaired) electrons. The van der Waals surface area contributed by atoms with Crippen molar-refractivity contribution in [3.05, 3.63) is 53.9 Å². The molecule has 2 aromatic rings. The fraction of sp³-hybridized carbons (Fsp3) is 0.389. The molecular formula is C18H21N3O2. The number of likely N-dealkylation sites (tertiary alicyclic amines) is 1. The van der Waals surface area contributed by atoms with Crippen molar-refractivity contribution in [1.29, 1.82) is 0 Å². The van der Waals surface area contributed by atoms with Crippen LogP contribution in [-0.2, 0) is 11.2 Å². The van der Waals surface area contributed by atoms with Gasteiger partial charge < -0.3 is 9.64 Å². The number of aryl methyl sites for hydroxylation is 1. The molecule has 23 heavy (non-hydrogen) atoms. The van der Waals surface area contributed by atoms with Crippen molar-refractivity contribution < 1.29 is 9.53 Å². The number of hydrogen-bond acceptors (Lipinski definition) is 4. The minimum absolute atomic E-state index is 0.0837. The highest BCUT2D eigenvalue weighted by Gasteiger charge is 2.24. The van der Waals surface area contributed by atoms with Gasteiger partial charge in [-0.05, 0) is 18.6 Å². The summed E-state index contributed by atoms with van der Waals surface area (Å²) in [7, 11) is 0. The van der Waals surface area contributed by atoms with Crippen LogP contribution in [0.5, 0.6) is 6.01 Å². The molecule has 0 aliphatic carbocycles. The lowest BCUT2D eigenvalue weighted by atomic mass is 10.0. The van der Waals surface area contributed by atoms with E-state index >= 15 is 0 Å². The van der Waals surface area contributed by atoms with Crippen molar-refractivity contribution >= 4 is 5.91 Å². The molecule has 2 heterocycles. The summed E-state index contributed by atoms with van der Waals surface area (Å²) in [6.07, 6.45) is 5.52. The number of rotatable bonds is 4. The Labute approximate surface area is 136 Å². The summed E-state index contributed by atoms with van der Waals surface area (Å²) < 4.78 is 5.76. The normalized spacial score (nSPS) is 15.4. The lowest BCUT2D eigenvalue weighted by molar-refractivity contribution is -0.132. The Morgan fingerprint density at radius 2 is 1.96 bits per heavy atom. The molecule has 3 rings (SSSR count). The molecule has 1 aliphatic rings. The van der Waals surface area contributed by atoms with Crippen LogP contribution in [0, 0.1) is 6.92 Å². The van der Waals surface area contributed by atoms with Crippen LogP contribution in [0.15, 0.2) is 42.7 Å². The molecule has 1 amide bonds. The van der Waals surface area contributed by atoms with Crippen molar-refractivity contribution in [2.75, 3.05) is 13.1 Å². The van der Waals surface area contributed by atoms with E-state index in [0.717, 1.165) is 31.5 Å². The zero-order valence-corrected chi connectivity index (χ0v) is 13.3. The van der Waals surface area contributed by atoms with E-state index in [0.29, 0.717) is 12.4 Å². The van der Waals surface area contributed by atoms with Crippen molar-refractivity contribution in [1.82, 2.24) is 14.9 Å². The Balaban J connectivity index is 1.49. The maximum atomic E-state index is 12.4. The first-order valence-electron chi connectivity index (χ1n) is 7.98. The Morgan fingerprint density at radius 1 is 1.22 bits per heavy atom. The smallest absolute Gasteiger partial charge is 0.316 e. The van der Waals surface area contributed by atoms with E-state index in [2.05, 4.69) is 16.0 Å². The SMILES string of the molecule is Cc1cccc(CC(=O)N2CCC(Oc3ncccn3)CC2)c1. The monoisotopic (exact) mass is 311 g/mol. The molecule has 0 bridgehead atoms. The maximum Gasteiger partial charge on any atom is 0.316 e. The second kappa shape index (κ2) is 7.22. The Hall–Kier alpha value is -2.43. The zero-order chi connectivity index (χ0) is 16.1. The molecule has 0 N–H and O–H groups in total. The topological polar surface area (TPSA) is 55.3 Å². The average molecular weight is 311 g/mol. The van der Waals surface area contributed by atoms with Crippen molar-refractivity contribution in [3.63, 3.8) is 0 Å². The Bertz CT molecular complexity index is 652. The summed E-state index contributed by atoms with van der Waals surface area (Å²) in [6, 6.07) is 10.3. The van der Waals surface area contributed by atoms with Gasteiger partial charge in [0.05, 0.1) is 6.42 Å². The third-order valence-electron chi connectivity index (χ3n) is 4.05. The van der Waals surface area contributed by atoms with Crippen molar-refractivity contribution in [2.45, 2.75) is 32.3 Å². The molecule has 0 atom stereocenters. The fourth-order valence-electron chi connectivity index (χ4n) is 2.83. The van der Waals surface area contributed by atoms with E-state index in [-0.39, 0.29) is 12.0 Å². The summed E-state index contributed by atoms with van der Waals surface area (Å²) in [5.41, 5.74) is 2.26. The molecule has 0 spiro atoms. The number of hydrogen-bond donors (Lipinski definition) is 0. The fourth-order valence-corrected chi connectivity index (χ4v) is 2.83. The van der Waals surface area contributed by atoms with Gasteiger partial charge in [-0.3, -0.25) is 4.79 Å². The number of amides is 1. The first-order valence-corrected chi connectivity index (χ1v) is 7.98. The van der Waals surface area contributed by atoms with Crippen molar-refractivity contribution in [3.8, 4) is 6.01 Å². The standard InChI is InChI=1S/C18H21N3O2/c1-14-4-2-5-15(12-14)13-17(22)21-10-6-16(7-11-21)23-18-19-8-3-9-20-18/h2-5,8-9,12,16H,6-7,10-11,13H2,1H3. The van der Waals surface area contributed by atoms with Gasteiger partial charge in [-0.25, -0.2) is 9.97 Å². The van der Waals surface area contributed by atoms with Crippen LogP contribution in [0.1, 0.15) is 24.0 Å². The molecule has 1 aromatic heterocycles. The minimum atomic E-state index is 0.0837. The lowest BCUT2D eigenvalue weighted by Crippen LogP contribution is -2.42. The second-order valence-corrected chi connectivity index (χ2v) is 5.90. The van der Waals surface area contributed by atoms with Gasteiger partial charge in [-0.15, -0.1) is 0 Å². The van der Waals surface area contributed by atoms with Crippen molar-refractivity contribution in [2.24, 2.45) is 0 Å². The molecule has 1 aliphatic heterocycles. The molecular weight excluding hydrogens is 290 g/mol. The van der Waals surface area contributed by atoms with Gasteiger partial charge in [0, 0.05) is 38.3 Å². The highest BCUT2D eigenvalue weighted by molar-refractivity contribution is 5.78. The highest BCUT2D eigenvalue weighted by Crippen LogP contribution is 2.16. The Morgan fingerprint density at radius 3 is 2.65 bits per heavy atom. The van der Waals surface area contributed by atoms with Gasteiger partial charge in [-0.2, -0.15) is 0 Å². The average Bonchev–Trinajstić information content (AvgIpc) is 2.56. The summed E-state index contributed by atoms with van der Waals surface area (Å²) in [5.74, 6) is 0.185. The number of carbonyl (C=O) groups excluding carboxylic acids is 1. The second-order valence-electron chi connectivity index (χ2n) is 5.90. The summed E-state index contributed by atoms with van der Waals surface area (Å²) >= 11 is 0. The largest absolute Gasteiger partial charge is 0.460 e. The maximum absolute atomic E-state index is 12.4. The van der Waals surface area contributed by atoms with Crippen LogP contribution in [0.3, 0.4) is 0 Å². The minimum Gasteiger partial charge on any atom is -0.460 e. The van der Waals surface area contributed by atoms with Crippen LogP contribution >= 0.6 is 0 Å². The quantitative estimate of drug-likeness (QED) is 0.870. The van der Waals surface area contributed by atoms with E-state index < -0.39 is 0 Å². The number of ether oxygens (including phenoxy) is 1. The summed E-state index contributed by atoms with van der Waals surface area (Å²) in [6.45, 7) is 3.49. The lowest BCUT2D eigenvalue weighted by Gasteiger charge is -2.31. The van der Waals surface area contributed by atoms with E-state index in [4.69, 9.17) is 4.74 Å². The van der Waals surface area contributed by atoms with Gasteiger partial charge in [0.2, 0.25) is 5.91 Å². The molecule has 5 heteroatoms. The number of piperidine rings is 1. The molecule has 1 fully saturated rings. The van der Waals surface area contributed by atoms with Gasteiger partial charge in [0.15, 0.2) is 0 Å². The van der Waals surface area contributed by atoms with E-state index in [1.54, 1.807) is 18.5 Å². The van der Waals surface area contributed by atoms with Gasteiger partial charge in [-0.1, -0.05) is 29.8 Å². The van der Waals surface area contributed by atoms with E-state index in [1.807, 2.05) is 30.0 Å². The molecule has 120 valence electrons. The number of carbonyl (C=O) groups is 1. The van der Waals surface area contributed by atoms with Gasteiger partial charge >= 0.3 is 6.01 Å². The molecule has 0 saturated carbocycles.